The highest BCUT2D eigenvalue weighted by Crippen LogP contribution is 2.21. The van der Waals surface area contributed by atoms with Crippen LogP contribution < -0.4 is 4.74 Å². The number of pyridine rings is 1. The average molecular weight is 331 g/mol. The van der Waals surface area contributed by atoms with Crippen molar-refractivity contribution in [1.29, 1.82) is 0 Å². The lowest BCUT2D eigenvalue weighted by Gasteiger charge is -2.27. The lowest BCUT2D eigenvalue weighted by atomic mass is 10.1. The Morgan fingerprint density at radius 1 is 1.33 bits per heavy atom. The first-order valence-electron chi connectivity index (χ1n) is 7.85. The van der Waals surface area contributed by atoms with Crippen LogP contribution in [0.5, 0.6) is 5.88 Å². The van der Waals surface area contributed by atoms with Gasteiger partial charge in [0, 0.05) is 38.9 Å². The monoisotopic (exact) mass is 331 g/mol. The number of aromatic nitrogens is 4. The third-order valence-corrected chi connectivity index (χ3v) is 4.21. The maximum Gasteiger partial charge on any atom is 0.259 e. The molecule has 0 spiro atoms. The fourth-order valence-electron chi connectivity index (χ4n) is 2.99. The molecule has 0 saturated carbocycles. The van der Waals surface area contributed by atoms with Gasteiger partial charge in [-0.05, 0) is 19.1 Å². The fraction of sp³-hybridized carbons (Fsp3) is 0.500. The Morgan fingerprint density at radius 3 is 2.92 bits per heavy atom. The van der Waals surface area contributed by atoms with E-state index in [1.807, 2.05) is 16.4 Å². The third kappa shape index (κ3) is 2.96. The van der Waals surface area contributed by atoms with Crippen LogP contribution in [0, 0.1) is 0 Å². The Bertz CT molecular complexity index is 730. The minimum absolute atomic E-state index is 0.00302. The molecule has 0 N–H and O–H groups in total. The normalized spacial score (nSPS) is 17.3. The van der Waals surface area contributed by atoms with E-state index in [2.05, 4.69) is 15.2 Å². The highest BCUT2D eigenvalue weighted by atomic mass is 16.5. The van der Waals surface area contributed by atoms with E-state index < -0.39 is 0 Å². The SMILES string of the molecule is COCc1nnc2n1CCN(C(=O)c1cccnc1OC)[C@@H](C)C2. The van der Waals surface area contributed by atoms with Crippen molar-refractivity contribution in [2.75, 3.05) is 20.8 Å². The van der Waals surface area contributed by atoms with Crippen LogP contribution in [0.2, 0.25) is 0 Å². The smallest absolute Gasteiger partial charge is 0.259 e. The molecule has 1 atom stereocenters. The Morgan fingerprint density at radius 2 is 2.17 bits per heavy atom. The van der Waals surface area contributed by atoms with Crippen molar-refractivity contribution in [3.8, 4) is 5.88 Å². The molecule has 128 valence electrons. The summed E-state index contributed by atoms with van der Waals surface area (Å²) < 4.78 is 12.4. The Labute approximate surface area is 140 Å². The van der Waals surface area contributed by atoms with Crippen molar-refractivity contribution < 1.29 is 14.3 Å². The number of carbonyl (C=O) groups excluding carboxylic acids is 1. The molecule has 0 unspecified atom stereocenters. The third-order valence-electron chi connectivity index (χ3n) is 4.21. The van der Waals surface area contributed by atoms with Crippen LogP contribution >= 0.6 is 0 Å². The molecule has 8 heteroatoms. The van der Waals surface area contributed by atoms with Gasteiger partial charge in [-0.2, -0.15) is 0 Å². The van der Waals surface area contributed by atoms with Gasteiger partial charge in [-0.15, -0.1) is 10.2 Å². The van der Waals surface area contributed by atoms with Crippen LogP contribution in [0.25, 0.3) is 0 Å². The highest BCUT2D eigenvalue weighted by molar-refractivity contribution is 5.96. The van der Waals surface area contributed by atoms with Crippen molar-refractivity contribution in [3.05, 3.63) is 35.5 Å². The molecule has 0 saturated heterocycles. The van der Waals surface area contributed by atoms with Crippen molar-refractivity contribution in [2.45, 2.75) is 32.5 Å². The van der Waals surface area contributed by atoms with Crippen molar-refractivity contribution in [1.82, 2.24) is 24.6 Å². The number of amides is 1. The summed E-state index contributed by atoms with van der Waals surface area (Å²) in [5, 5.41) is 8.42. The van der Waals surface area contributed by atoms with Crippen LogP contribution in [-0.4, -0.2) is 57.4 Å². The highest BCUT2D eigenvalue weighted by Gasteiger charge is 2.29. The van der Waals surface area contributed by atoms with E-state index in [0.717, 1.165) is 11.6 Å². The van der Waals surface area contributed by atoms with Gasteiger partial charge in [0.15, 0.2) is 5.82 Å². The first kappa shape index (κ1) is 16.4. The second-order valence-electron chi connectivity index (χ2n) is 5.73. The first-order chi connectivity index (χ1) is 11.7. The van der Waals surface area contributed by atoms with Gasteiger partial charge >= 0.3 is 0 Å². The van der Waals surface area contributed by atoms with Crippen LogP contribution in [-0.2, 0) is 24.3 Å². The zero-order chi connectivity index (χ0) is 17.1. The van der Waals surface area contributed by atoms with Crippen LogP contribution in [0.3, 0.4) is 0 Å². The van der Waals surface area contributed by atoms with Crippen molar-refractivity contribution in [2.24, 2.45) is 0 Å². The minimum atomic E-state index is -0.0838. The summed E-state index contributed by atoms with van der Waals surface area (Å²) in [6.45, 7) is 3.63. The summed E-state index contributed by atoms with van der Waals surface area (Å²) in [7, 11) is 3.15. The molecule has 3 heterocycles. The van der Waals surface area contributed by atoms with Crippen LogP contribution in [0.4, 0.5) is 0 Å². The number of rotatable bonds is 4. The van der Waals surface area contributed by atoms with E-state index in [1.165, 1.54) is 7.11 Å². The molecule has 8 nitrogen and oxygen atoms in total. The molecule has 2 aromatic heterocycles. The number of hydrogen-bond acceptors (Lipinski definition) is 6. The minimum Gasteiger partial charge on any atom is -0.480 e. The number of carbonyl (C=O) groups is 1. The molecule has 0 fully saturated rings. The zero-order valence-corrected chi connectivity index (χ0v) is 14.1. The summed E-state index contributed by atoms with van der Waals surface area (Å²) >= 11 is 0. The molecule has 3 rings (SSSR count). The fourth-order valence-corrected chi connectivity index (χ4v) is 2.99. The molecule has 24 heavy (non-hydrogen) atoms. The molecule has 2 aromatic rings. The predicted molar refractivity (Wildman–Crippen MR) is 85.7 cm³/mol. The molecule has 0 aliphatic carbocycles. The van der Waals surface area contributed by atoms with E-state index in [0.29, 0.717) is 37.6 Å². The molecular formula is C16H21N5O3. The molecule has 1 aliphatic heterocycles. The van der Waals surface area contributed by atoms with Crippen LogP contribution in [0.1, 0.15) is 28.9 Å². The van der Waals surface area contributed by atoms with Gasteiger partial charge in [-0.3, -0.25) is 4.79 Å². The number of hydrogen-bond donors (Lipinski definition) is 0. The Balaban J connectivity index is 1.84. The van der Waals surface area contributed by atoms with E-state index >= 15 is 0 Å². The van der Waals surface area contributed by atoms with Gasteiger partial charge in [-0.25, -0.2) is 4.98 Å². The number of ether oxygens (including phenoxy) is 2. The van der Waals surface area contributed by atoms with Gasteiger partial charge in [0.2, 0.25) is 5.88 Å². The largest absolute Gasteiger partial charge is 0.480 e. The molecule has 1 aliphatic rings. The van der Waals surface area contributed by atoms with Gasteiger partial charge in [-0.1, -0.05) is 0 Å². The van der Waals surface area contributed by atoms with Gasteiger partial charge in [0.25, 0.3) is 5.91 Å². The summed E-state index contributed by atoms with van der Waals surface area (Å²) in [5.41, 5.74) is 0.474. The molecule has 0 aromatic carbocycles. The second kappa shape index (κ2) is 6.96. The predicted octanol–water partition coefficient (Wildman–Crippen LogP) is 0.915. The van der Waals surface area contributed by atoms with E-state index in [1.54, 1.807) is 25.4 Å². The number of nitrogens with zero attached hydrogens (tertiary/aromatic N) is 5. The second-order valence-corrected chi connectivity index (χ2v) is 5.73. The molecular weight excluding hydrogens is 310 g/mol. The Kier molecular flexibility index (Phi) is 4.75. The van der Waals surface area contributed by atoms with E-state index in [4.69, 9.17) is 9.47 Å². The van der Waals surface area contributed by atoms with Gasteiger partial charge in [0.1, 0.15) is 18.0 Å². The topological polar surface area (TPSA) is 82.4 Å². The first-order valence-corrected chi connectivity index (χ1v) is 7.85. The number of methoxy groups -OCH3 is 2. The van der Waals surface area contributed by atoms with E-state index in [-0.39, 0.29) is 11.9 Å². The summed E-state index contributed by atoms with van der Waals surface area (Å²) in [5.74, 6) is 1.92. The molecule has 0 bridgehead atoms. The standard InChI is InChI=1S/C16H21N5O3/c1-11-9-13-18-19-14(10-23-2)21(13)8-7-20(11)16(22)12-5-4-6-17-15(12)24-3/h4-6,11H,7-10H2,1-3H3/t11-/m0/s1. The lowest BCUT2D eigenvalue weighted by Crippen LogP contribution is -2.40. The summed E-state index contributed by atoms with van der Waals surface area (Å²) in [6.07, 6.45) is 2.25. The van der Waals surface area contributed by atoms with Crippen LogP contribution in [0.15, 0.2) is 18.3 Å². The Hall–Kier alpha value is -2.48. The maximum absolute atomic E-state index is 13.0. The zero-order valence-electron chi connectivity index (χ0n) is 14.1. The van der Waals surface area contributed by atoms with Crippen molar-refractivity contribution in [3.63, 3.8) is 0 Å². The van der Waals surface area contributed by atoms with Crippen molar-refractivity contribution >= 4 is 5.91 Å². The maximum atomic E-state index is 13.0. The quantitative estimate of drug-likeness (QED) is 0.828. The molecule has 0 radical (unpaired) electrons. The number of fused-ring (bicyclic) bond motifs is 1. The summed E-state index contributed by atoms with van der Waals surface area (Å²) in [6, 6.07) is 3.48. The summed E-state index contributed by atoms with van der Waals surface area (Å²) in [4.78, 5) is 18.9. The molecule has 1 amide bonds. The average Bonchev–Trinajstić information content (AvgIpc) is 2.88. The van der Waals surface area contributed by atoms with Gasteiger partial charge < -0.3 is 18.9 Å². The lowest BCUT2D eigenvalue weighted by molar-refractivity contribution is 0.0690. The van der Waals surface area contributed by atoms with E-state index in [9.17, 15) is 4.79 Å². The van der Waals surface area contributed by atoms with Gasteiger partial charge in [0.05, 0.1) is 7.11 Å².